The number of aryl methyl sites for hydroxylation is 2. The number of anilines is 1. The third kappa shape index (κ3) is 3.19. The molecule has 0 spiro atoms. The summed E-state index contributed by atoms with van der Waals surface area (Å²) in [5, 5.41) is 8.83. The van der Waals surface area contributed by atoms with Crippen LogP contribution in [0.2, 0.25) is 0 Å². The van der Waals surface area contributed by atoms with Gasteiger partial charge in [-0.3, -0.25) is 4.31 Å². The van der Waals surface area contributed by atoms with Gasteiger partial charge in [-0.1, -0.05) is 12.1 Å². The number of hydrogen-bond donors (Lipinski definition) is 1. The SMILES string of the molecule is Cc1ccc(C)c(N(C)S(=O)(=O)c2ccc(C(=O)O)cc2F)c1. The molecule has 0 amide bonds. The van der Waals surface area contributed by atoms with Gasteiger partial charge < -0.3 is 5.11 Å². The van der Waals surface area contributed by atoms with Gasteiger partial charge in [-0.25, -0.2) is 17.6 Å². The normalized spacial score (nSPS) is 11.3. The molecule has 0 aliphatic rings. The van der Waals surface area contributed by atoms with E-state index in [0.717, 1.165) is 27.6 Å². The number of nitrogens with zero attached hydrogens (tertiary/aromatic N) is 1. The first kappa shape index (κ1) is 17.0. The standard InChI is InChI=1S/C16H16FNO4S/c1-10-4-5-11(2)14(8-10)18(3)23(21,22)15-7-6-12(16(19)20)9-13(15)17/h4-9H,1-3H3,(H,19,20). The Morgan fingerprint density at radius 3 is 2.35 bits per heavy atom. The fraction of sp³-hybridized carbons (Fsp3) is 0.188. The molecular weight excluding hydrogens is 321 g/mol. The molecule has 1 N–H and O–H groups in total. The Morgan fingerprint density at radius 1 is 1.13 bits per heavy atom. The highest BCUT2D eigenvalue weighted by atomic mass is 32.2. The number of benzene rings is 2. The fourth-order valence-corrected chi connectivity index (χ4v) is 3.47. The lowest BCUT2D eigenvalue weighted by Gasteiger charge is -2.22. The Balaban J connectivity index is 2.53. The lowest BCUT2D eigenvalue weighted by atomic mass is 10.1. The first-order chi connectivity index (χ1) is 10.6. The van der Waals surface area contributed by atoms with Gasteiger partial charge in [0.1, 0.15) is 10.7 Å². The van der Waals surface area contributed by atoms with Gasteiger partial charge in [0.2, 0.25) is 0 Å². The molecular formula is C16H16FNO4S. The largest absolute Gasteiger partial charge is 0.478 e. The smallest absolute Gasteiger partial charge is 0.335 e. The lowest BCUT2D eigenvalue weighted by molar-refractivity contribution is 0.0696. The number of carboxylic acid groups (broad SMARTS) is 1. The topological polar surface area (TPSA) is 74.7 Å². The second kappa shape index (κ2) is 6.00. The van der Waals surface area contributed by atoms with Gasteiger partial charge in [0.05, 0.1) is 11.3 Å². The monoisotopic (exact) mass is 337 g/mol. The molecule has 0 aliphatic carbocycles. The van der Waals surface area contributed by atoms with Crippen LogP contribution in [0.5, 0.6) is 0 Å². The molecule has 0 saturated heterocycles. The van der Waals surface area contributed by atoms with Crippen molar-refractivity contribution in [2.75, 3.05) is 11.4 Å². The van der Waals surface area contributed by atoms with Crippen LogP contribution in [0.3, 0.4) is 0 Å². The van der Waals surface area contributed by atoms with Gasteiger partial charge in [-0.05, 0) is 49.2 Å². The highest BCUT2D eigenvalue weighted by Crippen LogP contribution is 2.27. The van der Waals surface area contributed by atoms with E-state index in [4.69, 9.17) is 5.11 Å². The van der Waals surface area contributed by atoms with E-state index in [9.17, 15) is 17.6 Å². The summed E-state index contributed by atoms with van der Waals surface area (Å²) in [6, 6.07) is 8.05. The number of halogens is 1. The van der Waals surface area contributed by atoms with Gasteiger partial charge in [0.25, 0.3) is 10.0 Å². The molecule has 0 aliphatic heterocycles. The number of rotatable bonds is 4. The molecule has 2 aromatic rings. The maximum Gasteiger partial charge on any atom is 0.335 e. The number of carboxylic acids is 1. The van der Waals surface area contributed by atoms with Crippen molar-refractivity contribution in [1.82, 2.24) is 0 Å². The van der Waals surface area contributed by atoms with Crippen molar-refractivity contribution in [3.63, 3.8) is 0 Å². The minimum Gasteiger partial charge on any atom is -0.478 e. The molecule has 0 unspecified atom stereocenters. The van der Waals surface area contributed by atoms with Crippen molar-refractivity contribution in [2.45, 2.75) is 18.7 Å². The van der Waals surface area contributed by atoms with Crippen LogP contribution in [-0.2, 0) is 10.0 Å². The zero-order valence-corrected chi connectivity index (χ0v) is 13.7. The van der Waals surface area contributed by atoms with Crippen LogP contribution < -0.4 is 4.31 Å². The van der Waals surface area contributed by atoms with E-state index in [2.05, 4.69) is 0 Å². The molecule has 23 heavy (non-hydrogen) atoms. The van der Waals surface area contributed by atoms with Crippen LogP contribution >= 0.6 is 0 Å². The van der Waals surface area contributed by atoms with E-state index in [1.807, 2.05) is 13.0 Å². The molecule has 0 saturated carbocycles. The summed E-state index contributed by atoms with van der Waals surface area (Å²) in [4.78, 5) is 10.3. The summed E-state index contributed by atoms with van der Waals surface area (Å²) in [6.45, 7) is 3.58. The van der Waals surface area contributed by atoms with Crippen LogP contribution in [0, 0.1) is 19.7 Å². The van der Waals surface area contributed by atoms with Crippen LogP contribution in [0.4, 0.5) is 10.1 Å². The van der Waals surface area contributed by atoms with Crippen molar-refractivity contribution >= 4 is 21.7 Å². The van der Waals surface area contributed by atoms with Crippen molar-refractivity contribution in [3.8, 4) is 0 Å². The summed E-state index contributed by atoms with van der Waals surface area (Å²) >= 11 is 0. The molecule has 5 nitrogen and oxygen atoms in total. The van der Waals surface area contributed by atoms with E-state index >= 15 is 0 Å². The Hall–Kier alpha value is -2.41. The summed E-state index contributed by atoms with van der Waals surface area (Å²) in [5.41, 5.74) is 1.72. The summed E-state index contributed by atoms with van der Waals surface area (Å²) in [5.74, 6) is -2.42. The predicted octanol–water partition coefficient (Wildman–Crippen LogP) is 2.97. The minimum absolute atomic E-state index is 0.309. The maximum atomic E-state index is 14.1. The second-order valence-corrected chi connectivity index (χ2v) is 7.15. The van der Waals surface area contributed by atoms with Crippen molar-refractivity contribution in [2.24, 2.45) is 0 Å². The van der Waals surface area contributed by atoms with E-state index < -0.39 is 26.7 Å². The second-order valence-electron chi connectivity index (χ2n) is 5.21. The molecule has 2 aromatic carbocycles. The fourth-order valence-electron chi connectivity index (χ4n) is 2.18. The number of aromatic carboxylic acids is 1. The Labute approximate surface area is 134 Å². The average molecular weight is 337 g/mol. The van der Waals surface area contributed by atoms with Gasteiger partial charge in [0.15, 0.2) is 0 Å². The van der Waals surface area contributed by atoms with Crippen molar-refractivity contribution in [3.05, 3.63) is 58.9 Å². The number of sulfonamides is 1. The van der Waals surface area contributed by atoms with Gasteiger partial charge in [-0.15, -0.1) is 0 Å². The molecule has 0 bridgehead atoms. The van der Waals surface area contributed by atoms with E-state index in [1.54, 1.807) is 19.1 Å². The van der Waals surface area contributed by atoms with E-state index in [-0.39, 0.29) is 5.56 Å². The molecule has 7 heteroatoms. The molecule has 122 valence electrons. The van der Waals surface area contributed by atoms with Crippen molar-refractivity contribution in [1.29, 1.82) is 0 Å². The van der Waals surface area contributed by atoms with Gasteiger partial charge in [-0.2, -0.15) is 0 Å². The Kier molecular flexibility index (Phi) is 4.42. The molecule has 2 rings (SSSR count). The minimum atomic E-state index is -4.14. The lowest BCUT2D eigenvalue weighted by Crippen LogP contribution is -2.28. The molecule has 0 aromatic heterocycles. The summed E-state index contributed by atoms with van der Waals surface area (Å²) in [6.07, 6.45) is 0. The van der Waals surface area contributed by atoms with Crippen LogP contribution in [0.15, 0.2) is 41.3 Å². The van der Waals surface area contributed by atoms with E-state index in [1.165, 1.54) is 7.05 Å². The number of hydrogen-bond acceptors (Lipinski definition) is 3. The predicted molar refractivity (Wildman–Crippen MR) is 84.9 cm³/mol. The van der Waals surface area contributed by atoms with Gasteiger partial charge >= 0.3 is 5.97 Å². The molecule has 0 atom stereocenters. The van der Waals surface area contributed by atoms with Crippen LogP contribution in [0.25, 0.3) is 0 Å². The third-order valence-corrected chi connectivity index (χ3v) is 5.33. The Bertz CT molecular complexity index is 878. The zero-order chi connectivity index (χ0) is 17.4. The quantitative estimate of drug-likeness (QED) is 0.931. The maximum absolute atomic E-state index is 14.1. The average Bonchev–Trinajstić information content (AvgIpc) is 2.48. The highest BCUT2D eigenvalue weighted by molar-refractivity contribution is 7.92. The van der Waals surface area contributed by atoms with Crippen LogP contribution in [0.1, 0.15) is 21.5 Å². The molecule has 0 fully saturated rings. The molecule has 0 heterocycles. The third-order valence-electron chi connectivity index (χ3n) is 3.52. The zero-order valence-electron chi connectivity index (χ0n) is 12.9. The molecule has 0 radical (unpaired) electrons. The number of carbonyl (C=O) groups is 1. The van der Waals surface area contributed by atoms with Crippen LogP contribution in [-0.4, -0.2) is 26.5 Å². The first-order valence-electron chi connectivity index (χ1n) is 6.73. The summed E-state index contributed by atoms with van der Waals surface area (Å²) in [7, 11) is -2.80. The first-order valence-corrected chi connectivity index (χ1v) is 8.17. The van der Waals surface area contributed by atoms with E-state index in [0.29, 0.717) is 11.8 Å². The van der Waals surface area contributed by atoms with Crippen molar-refractivity contribution < 1.29 is 22.7 Å². The van der Waals surface area contributed by atoms with Gasteiger partial charge in [0, 0.05) is 7.05 Å². The highest BCUT2D eigenvalue weighted by Gasteiger charge is 2.26. The Morgan fingerprint density at radius 2 is 1.78 bits per heavy atom. The summed E-state index contributed by atoms with van der Waals surface area (Å²) < 4.78 is 40.4.